The molecule has 106 valence electrons. The second-order valence-corrected chi connectivity index (χ2v) is 4.82. The number of hydrogen-bond acceptors (Lipinski definition) is 5. The lowest BCUT2D eigenvalue weighted by atomic mass is 10.2. The van der Waals surface area contributed by atoms with E-state index in [2.05, 4.69) is 10.1 Å². The van der Waals surface area contributed by atoms with Crippen LogP contribution in [-0.4, -0.2) is 21.2 Å². The Morgan fingerprint density at radius 3 is 2.85 bits per heavy atom. The van der Waals surface area contributed by atoms with Gasteiger partial charge in [0.15, 0.2) is 18.2 Å². The van der Waals surface area contributed by atoms with Crippen molar-refractivity contribution in [2.75, 3.05) is 0 Å². The van der Waals surface area contributed by atoms with Crippen molar-refractivity contribution in [2.45, 2.75) is 26.4 Å². The Labute approximate surface area is 120 Å². The van der Waals surface area contributed by atoms with E-state index < -0.39 is 5.97 Å². The van der Waals surface area contributed by atoms with Crippen LogP contribution in [0.3, 0.4) is 0 Å². The molecular formula is C13H13ClN2O4. The van der Waals surface area contributed by atoms with E-state index in [1.807, 2.05) is 13.8 Å². The van der Waals surface area contributed by atoms with E-state index in [0.717, 1.165) is 0 Å². The molecule has 0 spiro atoms. The van der Waals surface area contributed by atoms with Crippen LogP contribution in [0.5, 0.6) is 5.75 Å². The van der Waals surface area contributed by atoms with Crippen LogP contribution < -0.4 is 4.74 Å². The van der Waals surface area contributed by atoms with Crippen LogP contribution in [0, 0.1) is 0 Å². The molecule has 0 atom stereocenters. The highest BCUT2D eigenvalue weighted by atomic mass is 35.5. The van der Waals surface area contributed by atoms with Crippen molar-refractivity contribution >= 4 is 17.6 Å². The van der Waals surface area contributed by atoms with Gasteiger partial charge >= 0.3 is 5.97 Å². The lowest BCUT2D eigenvalue weighted by molar-refractivity contribution is 0.0691. The van der Waals surface area contributed by atoms with Crippen LogP contribution in [0.15, 0.2) is 22.7 Å². The molecule has 0 aliphatic rings. The second kappa shape index (κ2) is 5.92. The van der Waals surface area contributed by atoms with Crippen LogP contribution in [0.2, 0.25) is 5.02 Å². The number of halogens is 1. The zero-order valence-electron chi connectivity index (χ0n) is 11.0. The van der Waals surface area contributed by atoms with E-state index in [0.29, 0.717) is 5.82 Å². The Balaban J connectivity index is 2.16. The van der Waals surface area contributed by atoms with Gasteiger partial charge in [-0.2, -0.15) is 4.98 Å². The summed E-state index contributed by atoms with van der Waals surface area (Å²) in [6.45, 7) is 3.84. The maximum absolute atomic E-state index is 11.1. The summed E-state index contributed by atoms with van der Waals surface area (Å²) in [4.78, 5) is 15.2. The van der Waals surface area contributed by atoms with Gasteiger partial charge in [0.2, 0.25) is 0 Å². The molecule has 7 heteroatoms. The molecule has 0 saturated carbocycles. The molecule has 6 nitrogen and oxygen atoms in total. The lowest BCUT2D eigenvalue weighted by Crippen LogP contribution is -2.04. The normalized spacial score (nSPS) is 10.8. The van der Waals surface area contributed by atoms with Gasteiger partial charge in [0.25, 0.3) is 5.89 Å². The molecule has 0 unspecified atom stereocenters. The molecule has 2 aromatic rings. The molecule has 20 heavy (non-hydrogen) atoms. The van der Waals surface area contributed by atoms with Crippen LogP contribution in [0.25, 0.3) is 0 Å². The van der Waals surface area contributed by atoms with Gasteiger partial charge in [-0.15, -0.1) is 0 Å². The van der Waals surface area contributed by atoms with Crippen molar-refractivity contribution in [2.24, 2.45) is 0 Å². The SMILES string of the molecule is CC(C)c1noc(COc2c(Cl)cccc2C(=O)O)n1. The highest BCUT2D eigenvalue weighted by molar-refractivity contribution is 6.32. The monoisotopic (exact) mass is 296 g/mol. The zero-order chi connectivity index (χ0) is 14.7. The molecule has 2 rings (SSSR count). The van der Waals surface area contributed by atoms with Crippen LogP contribution in [0.4, 0.5) is 0 Å². The number of carboxylic acid groups (broad SMARTS) is 1. The third-order valence-electron chi connectivity index (χ3n) is 2.54. The number of nitrogens with zero attached hydrogens (tertiary/aromatic N) is 2. The molecule has 0 radical (unpaired) electrons. The topological polar surface area (TPSA) is 85.5 Å². The van der Waals surface area contributed by atoms with Crippen molar-refractivity contribution in [3.63, 3.8) is 0 Å². The molecule has 1 aromatic carbocycles. The number of benzene rings is 1. The first-order valence-corrected chi connectivity index (χ1v) is 6.34. The Kier molecular flexibility index (Phi) is 4.24. The number of rotatable bonds is 5. The molecule has 1 heterocycles. The summed E-state index contributed by atoms with van der Waals surface area (Å²) in [5.74, 6) is -0.0459. The fourth-order valence-corrected chi connectivity index (χ4v) is 1.75. The molecule has 1 aromatic heterocycles. The van der Waals surface area contributed by atoms with E-state index in [-0.39, 0.29) is 34.8 Å². The minimum atomic E-state index is -1.11. The van der Waals surface area contributed by atoms with Crippen LogP contribution >= 0.6 is 11.6 Å². The van der Waals surface area contributed by atoms with Gasteiger partial charge in [-0.1, -0.05) is 36.7 Å². The Morgan fingerprint density at radius 1 is 1.50 bits per heavy atom. The summed E-state index contributed by atoms with van der Waals surface area (Å²) in [6, 6.07) is 4.51. The van der Waals surface area contributed by atoms with Crippen molar-refractivity contribution in [3.05, 3.63) is 40.5 Å². The zero-order valence-corrected chi connectivity index (χ0v) is 11.7. The summed E-state index contributed by atoms with van der Waals surface area (Å²) in [7, 11) is 0. The average molecular weight is 297 g/mol. The molecule has 0 aliphatic carbocycles. The summed E-state index contributed by atoms with van der Waals surface area (Å²) < 4.78 is 10.4. The van der Waals surface area contributed by atoms with Gasteiger partial charge in [0.05, 0.1) is 5.02 Å². The predicted molar refractivity (Wildman–Crippen MR) is 71.1 cm³/mol. The first-order chi connectivity index (χ1) is 9.49. The maximum atomic E-state index is 11.1. The minimum Gasteiger partial charge on any atom is -0.481 e. The van der Waals surface area contributed by atoms with Crippen LogP contribution in [0.1, 0.15) is 41.8 Å². The van der Waals surface area contributed by atoms with Gasteiger partial charge in [0.1, 0.15) is 5.56 Å². The van der Waals surface area contributed by atoms with Crippen molar-refractivity contribution < 1.29 is 19.2 Å². The smallest absolute Gasteiger partial charge is 0.339 e. The number of carboxylic acids is 1. The average Bonchev–Trinajstić information content (AvgIpc) is 2.86. The Bertz CT molecular complexity index is 625. The highest BCUT2D eigenvalue weighted by Gasteiger charge is 2.16. The van der Waals surface area contributed by atoms with Gasteiger partial charge < -0.3 is 14.4 Å². The van der Waals surface area contributed by atoms with E-state index in [4.69, 9.17) is 26.0 Å². The van der Waals surface area contributed by atoms with Gasteiger partial charge in [0, 0.05) is 5.92 Å². The molecule has 1 N–H and O–H groups in total. The summed E-state index contributed by atoms with van der Waals surface area (Å²) in [6.07, 6.45) is 0. The number of para-hydroxylation sites is 1. The third kappa shape index (κ3) is 3.08. The van der Waals surface area contributed by atoms with E-state index >= 15 is 0 Å². The predicted octanol–water partition coefficient (Wildman–Crippen LogP) is 3.12. The molecule has 0 fully saturated rings. The Hall–Kier alpha value is -2.08. The van der Waals surface area contributed by atoms with Crippen molar-refractivity contribution in [1.82, 2.24) is 10.1 Å². The molecule has 0 amide bonds. The van der Waals surface area contributed by atoms with Gasteiger partial charge in [-0.3, -0.25) is 0 Å². The summed E-state index contributed by atoms with van der Waals surface area (Å²) in [5, 5.41) is 13.1. The van der Waals surface area contributed by atoms with Gasteiger partial charge in [-0.05, 0) is 12.1 Å². The number of carbonyl (C=O) groups is 1. The standard InChI is InChI=1S/C13H13ClN2O4/c1-7(2)12-15-10(20-16-12)6-19-11-8(13(17)18)4-3-5-9(11)14/h3-5,7H,6H2,1-2H3,(H,17,18). The van der Waals surface area contributed by atoms with Gasteiger partial charge in [-0.25, -0.2) is 4.79 Å². The quantitative estimate of drug-likeness (QED) is 0.912. The molecular weight excluding hydrogens is 284 g/mol. The highest BCUT2D eigenvalue weighted by Crippen LogP contribution is 2.29. The summed E-state index contributed by atoms with van der Waals surface area (Å²) >= 11 is 5.94. The first-order valence-electron chi connectivity index (χ1n) is 5.96. The Morgan fingerprint density at radius 2 is 2.25 bits per heavy atom. The van der Waals surface area contributed by atoms with E-state index in [9.17, 15) is 4.79 Å². The minimum absolute atomic E-state index is 0.0129. The maximum Gasteiger partial charge on any atom is 0.339 e. The number of ether oxygens (including phenoxy) is 1. The fourth-order valence-electron chi connectivity index (χ4n) is 1.52. The lowest BCUT2D eigenvalue weighted by Gasteiger charge is -2.08. The number of aromatic nitrogens is 2. The van der Waals surface area contributed by atoms with Crippen LogP contribution in [-0.2, 0) is 6.61 Å². The summed E-state index contributed by atoms with van der Waals surface area (Å²) in [5.41, 5.74) is -0.0129. The van der Waals surface area contributed by atoms with Crippen molar-refractivity contribution in [1.29, 1.82) is 0 Å². The second-order valence-electron chi connectivity index (χ2n) is 4.41. The molecule has 0 bridgehead atoms. The van der Waals surface area contributed by atoms with E-state index in [1.54, 1.807) is 12.1 Å². The molecule has 0 aliphatic heterocycles. The van der Waals surface area contributed by atoms with E-state index in [1.165, 1.54) is 6.07 Å². The fraction of sp³-hybridized carbons (Fsp3) is 0.308. The number of aromatic carboxylic acids is 1. The van der Waals surface area contributed by atoms with Crippen molar-refractivity contribution in [3.8, 4) is 5.75 Å². The largest absolute Gasteiger partial charge is 0.481 e. The third-order valence-corrected chi connectivity index (χ3v) is 2.84. The molecule has 0 saturated heterocycles. The first kappa shape index (κ1) is 14.3. The number of hydrogen-bond donors (Lipinski definition) is 1.